The van der Waals surface area contributed by atoms with Gasteiger partial charge in [-0.25, -0.2) is 26.9 Å². The van der Waals surface area contributed by atoms with Crippen LogP contribution in [0.1, 0.15) is 29.2 Å². The highest BCUT2D eigenvalue weighted by atomic mass is 35.5. The molecule has 2 aliphatic carbocycles. The van der Waals surface area contributed by atoms with Gasteiger partial charge in [-0.1, -0.05) is 54.1 Å². The van der Waals surface area contributed by atoms with Crippen molar-refractivity contribution >= 4 is 74.6 Å². The van der Waals surface area contributed by atoms with Crippen LogP contribution in [0.15, 0.2) is 65.6 Å². The molecule has 0 spiro atoms. The lowest BCUT2D eigenvalue weighted by Crippen LogP contribution is -2.60. The van der Waals surface area contributed by atoms with Crippen LogP contribution in [0.2, 0.25) is 0 Å². The highest BCUT2D eigenvalue weighted by molar-refractivity contribution is 7.09. The van der Waals surface area contributed by atoms with E-state index < -0.39 is 98.2 Å². The van der Waals surface area contributed by atoms with Gasteiger partial charge >= 0.3 is 0 Å². The van der Waals surface area contributed by atoms with Gasteiger partial charge in [0, 0.05) is 21.7 Å². The lowest BCUT2D eigenvalue weighted by molar-refractivity contribution is -0.141. The van der Waals surface area contributed by atoms with Crippen molar-refractivity contribution in [2.75, 3.05) is 4.90 Å². The molecule has 2 aliphatic heterocycles. The van der Waals surface area contributed by atoms with Crippen molar-refractivity contribution in [2.24, 2.45) is 17.8 Å². The molecule has 1 saturated carbocycles. The molecule has 6 atom stereocenters. The highest BCUT2D eigenvalue weighted by Gasteiger charge is 2.77. The maximum absolute atomic E-state index is 15.3. The number of halogens is 7. The Balaban J connectivity index is 1.34. The molecule has 15 heteroatoms. The molecule has 8 rings (SSSR count). The number of amides is 4. The first-order valence-electron chi connectivity index (χ1n) is 15.3. The number of anilines is 1. The Morgan fingerprint density at radius 3 is 2.18 bits per heavy atom. The molecule has 4 amide bonds. The third kappa shape index (κ3) is 4.08. The molecule has 3 heterocycles. The maximum atomic E-state index is 15.3. The molecule has 3 fully saturated rings. The zero-order valence-electron chi connectivity index (χ0n) is 25.2. The van der Waals surface area contributed by atoms with Crippen molar-refractivity contribution < 1.29 is 46.2 Å². The fourth-order valence-electron chi connectivity index (χ4n) is 8.20. The van der Waals surface area contributed by atoms with Gasteiger partial charge in [0.15, 0.2) is 33.0 Å². The van der Waals surface area contributed by atoms with Crippen LogP contribution in [0, 0.1) is 46.8 Å². The third-order valence-corrected chi connectivity index (χ3v) is 12.7. The number of imide groups is 2. The van der Waals surface area contributed by atoms with Gasteiger partial charge in [-0.15, -0.1) is 34.5 Å². The molecule has 256 valence electrons. The zero-order valence-corrected chi connectivity index (χ0v) is 27.6. The van der Waals surface area contributed by atoms with Gasteiger partial charge in [-0.3, -0.25) is 24.1 Å². The Kier molecular flexibility index (Phi) is 7.28. The van der Waals surface area contributed by atoms with Crippen LogP contribution >= 0.6 is 34.5 Å². The number of nitrogens with zero attached hydrogens (tertiary/aromatic N) is 2. The molecule has 50 heavy (non-hydrogen) atoms. The number of allylic oxidation sites excluding steroid dienone is 2. The number of carbonyl (C=O) groups excluding carboxylic acids is 4. The summed E-state index contributed by atoms with van der Waals surface area (Å²) in [5.41, 5.74) is -1.66. The minimum absolute atomic E-state index is 0.00139. The number of hydrogen-bond donors (Lipinski definition) is 1. The van der Waals surface area contributed by atoms with Crippen molar-refractivity contribution in [1.82, 2.24) is 4.90 Å². The molecule has 7 nitrogen and oxygen atoms in total. The summed E-state index contributed by atoms with van der Waals surface area (Å²) in [5.74, 6) is -21.6. The summed E-state index contributed by atoms with van der Waals surface area (Å²) < 4.78 is 73.5. The SMILES string of the molecule is O=C1[C@H]2[C@H](CC=C3[C@H]2C[C@@]2(Cl)C(=O)N(c4c(F)c(F)c(F)c(F)c4F)C(=O)[C@@]2(Cl)[C@H]3c2ccc3ccccc3c2O)C(=O)N1Cc1cccs1. The van der Waals surface area contributed by atoms with Crippen molar-refractivity contribution in [3.05, 3.63) is 105 Å². The summed E-state index contributed by atoms with van der Waals surface area (Å²) in [6, 6.07) is 13.1. The second kappa shape index (κ2) is 11.1. The number of phenols is 1. The molecular formula is C35H21Cl2F5N2O5S. The first-order chi connectivity index (χ1) is 23.7. The largest absolute Gasteiger partial charge is 0.507 e. The Morgan fingerprint density at radius 1 is 0.820 bits per heavy atom. The standard InChI is InChI=1S/C35H21Cl2F5N2O5S/c36-34-12-20-17(9-10-18-21(20)31(47)43(30(18)46)13-15-5-3-11-50-15)22(19-8-7-14-4-1-2-6-16(14)29(19)45)35(34,37)33(49)44(32(34)48)28-26(41)24(39)23(38)25(40)27(28)42/h1-9,11,18,20-22,45H,10,12-13H2/t18-,20+,21-,22+,34+,35-/m0/s1. The molecule has 0 bridgehead atoms. The van der Waals surface area contributed by atoms with Crippen LogP contribution in [0.5, 0.6) is 5.75 Å². The molecule has 0 radical (unpaired) electrons. The molecule has 1 aromatic heterocycles. The number of rotatable bonds is 4. The van der Waals surface area contributed by atoms with Gasteiger partial charge in [0.25, 0.3) is 11.8 Å². The van der Waals surface area contributed by atoms with Gasteiger partial charge in [0.05, 0.1) is 18.4 Å². The quantitative estimate of drug-likeness (QED) is 0.0603. The molecule has 4 aromatic rings. The van der Waals surface area contributed by atoms with Crippen LogP contribution in [-0.2, 0) is 25.7 Å². The van der Waals surface area contributed by atoms with Crippen molar-refractivity contribution in [3.8, 4) is 5.75 Å². The Labute approximate surface area is 293 Å². The van der Waals surface area contributed by atoms with Crippen LogP contribution in [0.4, 0.5) is 27.6 Å². The smallest absolute Gasteiger partial charge is 0.258 e. The van der Waals surface area contributed by atoms with E-state index in [1.807, 2.05) is 0 Å². The molecule has 4 aliphatic rings. The molecule has 3 aromatic carbocycles. The average molecular weight is 748 g/mol. The second-order valence-corrected chi connectivity index (χ2v) is 15.0. The first-order valence-corrected chi connectivity index (χ1v) is 16.9. The molecule has 1 N–H and O–H groups in total. The topological polar surface area (TPSA) is 95.0 Å². The van der Waals surface area contributed by atoms with E-state index in [2.05, 4.69) is 0 Å². The van der Waals surface area contributed by atoms with Gasteiger partial charge in [-0.2, -0.15) is 0 Å². The van der Waals surface area contributed by atoms with E-state index in [9.17, 15) is 37.5 Å². The lowest BCUT2D eigenvalue weighted by Gasteiger charge is -2.50. The van der Waals surface area contributed by atoms with E-state index in [-0.39, 0.29) is 34.8 Å². The minimum Gasteiger partial charge on any atom is -0.507 e. The second-order valence-electron chi connectivity index (χ2n) is 12.8. The van der Waals surface area contributed by atoms with Crippen LogP contribution in [-0.4, -0.2) is 43.4 Å². The summed E-state index contributed by atoms with van der Waals surface area (Å²) in [6.45, 7) is -0.0177. The Hall–Kier alpha value is -4.33. The third-order valence-electron chi connectivity index (χ3n) is 10.4. The van der Waals surface area contributed by atoms with Crippen LogP contribution in [0.3, 0.4) is 0 Å². The van der Waals surface area contributed by atoms with Gasteiger partial charge in [-0.05, 0) is 35.6 Å². The number of aromatic hydroxyl groups is 1. The number of carbonyl (C=O) groups is 4. The zero-order chi connectivity index (χ0) is 35.6. The summed E-state index contributed by atoms with van der Waals surface area (Å²) in [4.78, 5) is 52.7. The number of phenolic OH excluding ortho intramolecular Hbond substituents is 1. The number of likely N-dealkylation sites (tertiary alicyclic amines) is 1. The van der Waals surface area contributed by atoms with Crippen LogP contribution < -0.4 is 4.90 Å². The number of hydrogen-bond acceptors (Lipinski definition) is 6. The van der Waals surface area contributed by atoms with Crippen molar-refractivity contribution in [3.63, 3.8) is 0 Å². The predicted octanol–water partition coefficient (Wildman–Crippen LogP) is 7.07. The summed E-state index contributed by atoms with van der Waals surface area (Å²) in [5, 5.41) is 14.3. The molecule has 0 unspecified atom stereocenters. The fourth-order valence-corrected chi connectivity index (χ4v) is 9.82. The lowest BCUT2D eigenvalue weighted by atomic mass is 9.56. The number of fused-ring (bicyclic) bond motifs is 5. The van der Waals surface area contributed by atoms with Gasteiger partial charge < -0.3 is 5.11 Å². The van der Waals surface area contributed by atoms with E-state index in [4.69, 9.17) is 23.2 Å². The monoisotopic (exact) mass is 746 g/mol. The molecular weight excluding hydrogens is 726 g/mol. The van der Waals surface area contributed by atoms with Gasteiger partial charge in [0.2, 0.25) is 17.6 Å². The van der Waals surface area contributed by atoms with E-state index in [0.29, 0.717) is 10.8 Å². The summed E-state index contributed by atoms with van der Waals surface area (Å²) in [7, 11) is 0. The van der Waals surface area contributed by atoms with E-state index >= 15 is 8.78 Å². The number of benzene rings is 3. The number of thiophene rings is 1. The first kappa shape index (κ1) is 32.9. The fraction of sp³-hybridized carbons (Fsp3) is 0.257. The van der Waals surface area contributed by atoms with Gasteiger partial charge in [0.1, 0.15) is 11.4 Å². The van der Waals surface area contributed by atoms with E-state index in [1.54, 1.807) is 53.9 Å². The molecule has 2 saturated heterocycles. The van der Waals surface area contributed by atoms with Crippen molar-refractivity contribution in [2.45, 2.75) is 35.1 Å². The van der Waals surface area contributed by atoms with Crippen LogP contribution in [0.25, 0.3) is 10.8 Å². The Morgan fingerprint density at radius 2 is 1.50 bits per heavy atom. The summed E-state index contributed by atoms with van der Waals surface area (Å²) >= 11 is 15.7. The average Bonchev–Trinajstić information content (AvgIpc) is 3.75. The van der Waals surface area contributed by atoms with E-state index in [1.165, 1.54) is 17.4 Å². The minimum atomic E-state index is -2.73. The Bertz CT molecular complexity index is 2220. The maximum Gasteiger partial charge on any atom is 0.258 e. The normalized spacial score (nSPS) is 29.1. The van der Waals surface area contributed by atoms with E-state index in [0.717, 1.165) is 9.78 Å². The predicted molar refractivity (Wildman–Crippen MR) is 172 cm³/mol. The summed E-state index contributed by atoms with van der Waals surface area (Å²) in [6.07, 6.45) is 0.960. The van der Waals surface area contributed by atoms with Crippen molar-refractivity contribution in [1.29, 1.82) is 0 Å². The number of alkyl halides is 2. The highest BCUT2D eigenvalue weighted by Crippen LogP contribution is 2.67.